The molecule has 0 saturated heterocycles. The Hall–Kier alpha value is -1.62. The van der Waals surface area contributed by atoms with Crippen LogP contribution in [-0.4, -0.2) is 10.9 Å². The Balaban J connectivity index is 1.88. The molecule has 0 atom stereocenters. The van der Waals surface area contributed by atoms with Gasteiger partial charge in [-0.1, -0.05) is 22.0 Å². The summed E-state index contributed by atoms with van der Waals surface area (Å²) < 4.78 is 5.83. The number of nitrogens with one attached hydrogen (secondary N) is 1. The van der Waals surface area contributed by atoms with Gasteiger partial charge in [-0.3, -0.25) is 4.79 Å². The third-order valence-electron chi connectivity index (χ3n) is 2.55. The predicted octanol–water partition coefficient (Wildman–Crippen LogP) is 3.32. The largest absolute Gasteiger partial charge is 0.451 e. The number of halogens is 1. The summed E-state index contributed by atoms with van der Waals surface area (Å²) >= 11 is 3.43. The monoisotopic (exact) mass is 308 g/mol. The van der Waals surface area contributed by atoms with Crippen LogP contribution >= 0.6 is 15.9 Å². The molecule has 0 radical (unpaired) electrons. The smallest absolute Gasteiger partial charge is 0.224 e. The second kappa shape index (κ2) is 5.82. The van der Waals surface area contributed by atoms with Gasteiger partial charge >= 0.3 is 0 Å². The molecule has 0 fully saturated rings. The van der Waals surface area contributed by atoms with Gasteiger partial charge in [-0.2, -0.15) is 0 Å². The Morgan fingerprint density at radius 1 is 1.50 bits per heavy atom. The average molecular weight is 309 g/mol. The van der Waals surface area contributed by atoms with Crippen molar-refractivity contribution in [2.24, 2.45) is 0 Å². The van der Waals surface area contributed by atoms with Crippen molar-refractivity contribution in [3.63, 3.8) is 0 Å². The zero-order chi connectivity index (χ0) is 13.0. The molecular weight excluding hydrogens is 296 g/mol. The van der Waals surface area contributed by atoms with Gasteiger partial charge in [0.05, 0.1) is 5.69 Å². The van der Waals surface area contributed by atoms with Crippen molar-refractivity contribution >= 4 is 27.5 Å². The topological polar surface area (TPSA) is 55.1 Å². The Bertz CT molecular complexity index is 538. The number of amides is 1. The Morgan fingerprint density at radius 2 is 2.33 bits per heavy atom. The maximum absolute atomic E-state index is 11.7. The molecule has 1 N–H and O–H groups in total. The molecule has 2 aromatic rings. The lowest BCUT2D eigenvalue weighted by atomic mass is 10.2. The summed E-state index contributed by atoms with van der Waals surface area (Å²) in [6, 6.07) is 5.73. The SMILES string of the molecule is Cc1ccc(NC(=O)CCc2cocn2)cc1Br. The average Bonchev–Trinajstić information content (AvgIpc) is 2.84. The fraction of sp³-hybridized carbons (Fsp3) is 0.231. The van der Waals surface area contributed by atoms with Crippen molar-refractivity contribution in [3.8, 4) is 0 Å². The summed E-state index contributed by atoms with van der Waals surface area (Å²) in [6.45, 7) is 2.00. The highest BCUT2D eigenvalue weighted by atomic mass is 79.9. The molecule has 0 aliphatic rings. The highest BCUT2D eigenvalue weighted by Crippen LogP contribution is 2.20. The van der Waals surface area contributed by atoms with E-state index in [1.807, 2.05) is 25.1 Å². The van der Waals surface area contributed by atoms with Gasteiger partial charge in [0.15, 0.2) is 6.39 Å². The van der Waals surface area contributed by atoms with Gasteiger partial charge in [0.25, 0.3) is 0 Å². The number of carbonyl (C=O) groups is 1. The van der Waals surface area contributed by atoms with E-state index in [0.717, 1.165) is 21.4 Å². The highest BCUT2D eigenvalue weighted by molar-refractivity contribution is 9.10. The molecular formula is C13H13BrN2O2. The number of hydrogen-bond acceptors (Lipinski definition) is 3. The first-order valence-electron chi connectivity index (χ1n) is 5.58. The number of rotatable bonds is 4. The lowest BCUT2D eigenvalue weighted by molar-refractivity contribution is -0.116. The lowest BCUT2D eigenvalue weighted by Gasteiger charge is -2.06. The second-order valence-electron chi connectivity index (χ2n) is 3.99. The number of carbonyl (C=O) groups excluding carboxylic acids is 1. The Kier molecular flexibility index (Phi) is 4.15. The molecule has 1 aromatic carbocycles. The third-order valence-corrected chi connectivity index (χ3v) is 3.40. The van der Waals surface area contributed by atoms with Crippen molar-refractivity contribution in [1.29, 1.82) is 0 Å². The molecule has 1 amide bonds. The van der Waals surface area contributed by atoms with Gasteiger partial charge in [-0.15, -0.1) is 0 Å². The van der Waals surface area contributed by atoms with Crippen LogP contribution in [-0.2, 0) is 11.2 Å². The molecule has 0 bridgehead atoms. The number of benzene rings is 1. The van der Waals surface area contributed by atoms with E-state index < -0.39 is 0 Å². The third kappa shape index (κ3) is 3.43. The number of anilines is 1. The second-order valence-corrected chi connectivity index (χ2v) is 4.85. The van der Waals surface area contributed by atoms with Crippen LogP contribution in [0.15, 0.2) is 39.7 Å². The molecule has 5 heteroatoms. The van der Waals surface area contributed by atoms with Gasteiger partial charge in [0.2, 0.25) is 5.91 Å². The summed E-state index contributed by atoms with van der Waals surface area (Å²) in [5.41, 5.74) is 2.71. The first-order chi connectivity index (χ1) is 8.65. The van der Waals surface area contributed by atoms with Crippen LogP contribution in [0.1, 0.15) is 17.7 Å². The van der Waals surface area contributed by atoms with E-state index in [-0.39, 0.29) is 5.91 Å². The van der Waals surface area contributed by atoms with Crippen LogP contribution in [0.5, 0.6) is 0 Å². The minimum atomic E-state index is -0.0336. The van der Waals surface area contributed by atoms with Crippen LogP contribution in [0.4, 0.5) is 5.69 Å². The predicted molar refractivity (Wildman–Crippen MR) is 72.3 cm³/mol. The van der Waals surface area contributed by atoms with Crippen LogP contribution in [0, 0.1) is 6.92 Å². The minimum Gasteiger partial charge on any atom is -0.451 e. The van der Waals surface area contributed by atoms with E-state index in [4.69, 9.17) is 4.42 Å². The number of nitrogens with zero attached hydrogens (tertiary/aromatic N) is 1. The van der Waals surface area contributed by atoms with E-state index in [1.165, 1.54) is 6.39 Å². The molecule has 0 unspecified atom stereocenters. The molecule has 0 aliphatic carbocycles. The zero-order valence-electron chi connectivity index (χ0n) is 9.94. The summed E-state index contributed by atoms with van der Waals surface area (Å²) in [5, 5.41) is 2.85. The Morgan fingerprint density at radius 3 is 3.00 bits per heavy atom. The minimum absolute atomic E-state index is 0.0336. The van der Waals surface area contributed by atoms with Crippen molar-refractivity contribution in [2.45, 2.75) is 19.8 Å². The van der Waals surface area contributed by atoms with Crippen LogP contribution < -0.4 is 5.32 Å². The summed E-state index contributed by atoms with van der Waals surface area (Å²) in [6.07, 6.45) is 3.88. The number of oxazole rings is 1. The summed E-state index contributed by atoms with van der Waals surface area (Å²) in [7, 11) is 0. The fourth-order valence-electron chi connectivity index (χ4n) is 1.50. The maximum Gasteiger partial charge on any atom is 0.224 e. The van der Waals surface area contributed by atoms with E-state index in [1.54, 1.807) is 6.26 Å². The quantitative estimate of drug-likeness (QED) is 0.942. The standard InChI is InChI=1S/C13H13BrN2O2/c1-9-2-3-10(6-12(9)14)16-13(17)5-4-11-7-18-8-15-11/h2-3,6-8H,4-5H2,1H3,(H,16,17). The zero-order valence-corrected chi connectivity index (χ0v) is 11.5. The van der Waals surface area contributed by atoms with Crippen molar-refractivity contribution in [2.75, 3.05) is 5.32 Å². The maximum atomic E-state index is 11.7. The molecule has 0 aliphatic heterocycles. The van der Waals surface area contributed by atoms with Gasteiger partial charge < -0.3 is 9.73 Å². The lowest BCUT2D eigenvalue weighted by Crippen LogP contribution is -2.12. The summed E-state index contributed by atoms with van der Waals surface area (Å²) in [4.78, 5) is 15.7. The first kappa shape index (κ1) is 12.8. The van der Waals surface area contributed by atoms with E-state index in [2.05, 4.69) is 26.2 Å². The first-order valence-corrected chi connectivity index (χ1v) is 6.37. The van der Waals surface area contributed by atoms with Gasteiger partial charge in [-0.05, 0) is 24.6 Å². The molecule has 4 nitrogen and oxygen atoms in total. The van der Waals surface area contributed by atoms with Crippen molar-refractivity contribution in [3.05, 3.63) is 46.6 Å². The van der Waals surface area contributed by atoms with Crippen LogP contribution in [0.3, 0.4) is 0 Å². The van der Waals surface area contributed by atoms with Gasteiger partial charge in [-0.25, -0.2) is 4.98 Å². The summed E-state index contributed by atoms with van der Waals surface area (Å²) in [5.74, 6) is -0.0336. The molecule has 1 aromatic heterocycles. The van der Waals surface area contributed by atoms with E-state index in [0.29, 0.717) is 12.8 Å². The van der Waals surface area contributed by atoms with Crippen LogP contribution in [0.25, 0.3) is 0 Å². The van der Waals surface area contributed by atoms with Gasteiger partial charge in [0, 0.05) is 23.0 Å². The number of aromatic nitrogens is 1. The van der Waals surface area contributed by atoms with Gasteiger partial charge in [0.1, 0.15) is 6.26 Å². The van der Waals surface area contributed by atoms with Crippen molar-refractivity contribution < 1.29 is 9.21 Å². The normalized spacial score (nSPS) is 10.3. The molecule has 0 spiro atoms. The molecule has 0 saturated carbocycles. The molecule has 2 rings (SSSR count). The molecule has 1 heterocycles. The molecule has 18 heavy (non-hydrogen) atoms. The number of aryl methyl sites for hydroxylation is 2. The Labute approximate surface area is 114 Å². The van der Waals surface area contributed by atoms with E-state index in [9.17, 15) is 4.79 Å². The van der Waals surface area contributed by atoms with Crippen LogP contribution in [0.2, 0.25) is 0 Å². The highest BCUT2D eigenvalue weighted by Gasteiger charge is 2.05. The molecule has 94 valence electrons. The fourth-order valence-corrected chi connectivity index (χ4v) is 1.88. The number of hydrogen-bond donors (Lipinski definition) is 1. The van der Waals surface area contributed by atoms with E-state index >= 15 is 0 Å². The van der Waals surface area contributed by atoms with Crippen molar-refractivity contribution in [1.82, 2.24) is 4.98 Å².